The summed E-state index contributed by atoms with van der Waals surface area (Å²) in [6, 6.07) is 21.3. The number of nitrogens with zero attached hydrogens (tertiary/aromatic N) is 3. The van der Waals surface area contributed by atoms with E-state index in [0.29, 0.717) is 47.1 Å². The Hall–Kier alpha value is -4.43. The number of aliphatic hydroxyl groups excluding tert-OH is 1. The molecule has 1 aliphatic heterocycles. The Morgan fingerprint density at radius 1 is 1.00 bits per heavy atom. The Labute approximate surface area is 214 Å². The highest BCUT2D eigenvalue weighted by molar-refractivity contribution is 6.46. The van der Waals surface area contributed by atoms with E-state index in [9.17, 15) is 14.7 Å². The third-order valence-electron chi connectivity index (χ3n) is 6.37. The van der Waals surface area contributed by atoms with Gasteiger partial charge >= 0.3 is 0 Å². The van der Waals surface area contributed by atoms with Crippen LogP contribution in [0.2, 0.25) is 0 Å². The zero-order valence-corrected chi connectivity index (χ0v) is 20.6. The van der Waals surface area contributed by atoms with Gasteiger partial charge in [0.25, 0.3) is 11.7 Å². The molecule has 0 saturated carbocycles. The number of ketones is 1. The lowest BCUT2D eigenvalue weighted by Crippen LogP contribution is -2.31. The van der Waals surface area contributed by atoms with Gasteiger partial charge in [0.2, 0.25) is 0 Å². The number of aryl methyl sites for hydroxylation is 1. The fraction of sp³-hybridized carbons (Fsp3) is 0.207. The number of imidazole rings is 1. The first-order valence-electron chi connectivity index (χ1n) is 12.0. The minimum Gasteiger partial charge on any atom is -0.505 e. The minimum absolute atomic E-state index is 0.0213. The second-order valence-electron chi connectivity index (χ2n) is 8.80. The van der Waals surface area contributed by atoms with Gasteiger partial charge in [0.05, 0.1) is 17.3 Å². The fourth-order valence-electron chi connectivity index (χ4n) is 4.74. The maximum absolute atomic E-state index is 13.4. The highest BCUT2D eigenvalue weighted by Crippen LogP contribution is 2.41. The van der Waals surface area contributed by atoms with Crippen molar-refractivity contribution in [2.75, 3.05) is 20.3 Å². The molecule has 1 atom stereocenters. The molecule has 1 N–H and O–H groups in total. The molecule has 37 heavy (non-hydrogen) atoms. The molecule has 5 rings (SSSR count). The lowest BCUT2D eigenvalue weighted by Gasteiger charge is -2.25. The number of rotatable bonds is 8. The molecule has 8 heteroatoms. The number of likely N-dealkylation sites (tertiary alicyclic amines) is 1. The highest BCUT2D eigenvalue weighted by Gasteiger charge is 2.46. The van der Waals surface area contributed by atoms with Crippen molar-refractivity contribution in [3.8, 4) is 11.5 Å². The van der Waals surface area contributed by atoms with Crippen LogP contribution in [0.3, 0.4) is 0 Å². The predicted octanol–water partition coefficient (Wildman–Crippen LogP) is 4.89. The SMILES string of the molecule is COCCCN1C(=O)C(=O)/C(=C(/O)c2c(C)nc3ccccn23)C1c1cccc(Oc2ccccc2)c1. The number of ether oxygens (including phenoxy) is 2. The van der Waals surface area contributed by atoms with Crippen molar-refractivity contribution in [2.45, 2.75) is 19.4 Å². The zero-order valence-electron chi connectivity index (χ0n) is 20.6. The van der Waals surface area contributed by atoms with E-state index in [4.69, 9.17) is 9.47 Å². The van der Waals surface area contributed by atoms with Gasteiger partial charge < -0.3 is 19.5 Å². The van der Waals surface area contributed by atoms with E-state index in [1.165, 1.54) is 4.90 Å². The predicted molar refractivity (Wildman–Crippen MR) is 138 cm³/mol. The number of carbonyl (C=O) groups excluding carboxylic acids is 2. The quantitative estimate of drug-likeness (QED) is 0.161. The van der Waals surface area contributed by atoms with Crippen LogP contribution in [0.1, 0.15) is 29.4 Å². The summed E-state index contributed by atoms with van der Waals surface area (Å²) in [6.07, 6.45) is 2.30. The molecule has 0 bridgehead atoms. The van der Waals surface area contributed by atoms with Crippen molar-refractivity contribution in [1.82, 2.24) is 14.3 Å². The number of hydrogen-bond acceptors (Lipinski definition) is 6. The van der Waals surface area contributed by atoms with E-state index in [-0.39, 0.29) is 17.9 Å². The molecule has 3 heterocycles. The van der Waals surface area contributed by atoms with Gasteiger partial charge in [-0.15, -0.1) is 0 Å². The molecule has 0 aliphatic carbocycles. The molecular formula is C29H27N3O5. The summed E-state index contributed by atoms with van der Waals surface area (Å²) in [5.74, 6) is -0.446. The summed E-state index contributed by atoms with van der Waals surface area (Å²) in [5.41, 5.74) is 2.23. The average molecular weight is 498 g/mol. The number of hydrogen-bond donors (Lipinski definition) is 1. The molecular weight excluding hydrogens is 470 g/mol. The van der Waals surface area contributed by atoms with E-state index >= 15 is 0 Å². The van der Waals surface area contributed by atoms with Crippen LogP contribution in [-0.4, -0.2) is 51.3 Å². The number of amides is 1. The summed E-state index contributed by atoms with van der Waals surface area (Å²) in [7, 11) is 1.59. The van der Waals surface area contributed by atoms with Crippen molar-refractivity contribution < 1.29 is 24.2 Å². The normalized spacial score (nSPS) is 17.0. The van der Waals surface area contributed by atoms with Gasteiger partial charge in [-0.05, 0) is 55.3 Å². The number of para-hydroxylation sites is 1. The molecule has 2 aromatic carbocycles. The number of aliphatic hydroxyl groups is 1. The molecule has 0 radical (unpaired) electrons. The Bertz CT molecular complexity index is 1490. The van der Waals surface area contributed by atoms with Gasteiger partial charge in [-0.25, -0.2) is 4.98 Å². The molecule has 1 fully saturated rings. The zero-order chi connectivity index (χ0) is 25.9. The molecule has 0 spiro atoms. The summed E-state index contributed by atoms with van der Waals surface area (Å²) in [5, 5.41) is 11.6. The number of methoxy groups -OCH3 is 1. The standard InChI is InChI=1S/C29H27N3O5/c1-19-25(31-15-7-6-14-23(31)30-19)27(33)24-26(32(16-9-17-36-2)29(35)28(24)34)20-10-8-13-22(18-20)37-21-11-4-3-5-12-21/h3-8,10-15,18,26,33H,9,16-17H2,1-2H3/b27-24+. The van der Waals surface area contributed by atoms with Crippen molar-refractivity contribution >= 4 is 23.1 Å². The van der Waals surface area contributed by atoms with Crippen LogP contribution in [0.15, 0.2) is 84.6 Å². The minimum atomic E-state index is -0.801. The molecule has 188 valence electrons. The molecule has 1 aliphatic rings. The van der Waals surface area contributed by atoms with E-state index in [2.05, 4.69) is 4.98 Å². The van der Waals surface area contributed by atoms with Crippen LogP contribution < -0.4 is 4.74 Å². The van der Waals surface area contributed by atoms with Gasteiger partial charge in [-0.2, -0.15) is 0 Å². The molecule has 8 nitrogen and oxygen atoms in total. The Kier molecular flexibility index (Phi) is 6.74. The number of benzene rings is 2. The van der Waals surface area contributed by atoms with Crippen LogP contribution in [0, 0.1) is 6.92 Å². The fourth-order valence-corrected chi connectivity index (χ4v) is 4.74. The number of pyridine rings is 1. The van der Waals surface area contributed by atoms with Crippen LogP contribution in [0.25, 0.3) is 11.4 Å². The molecule has 1 amide bonds. The van der Waals surface area contributed by atoms with Crippen LogP contribution >= 0.6 is 0 Å². The molecule has 4 aromatic rings. The summed E-state index contributed by atoms with van der Waals surface area (Å²) < 4.78 is 12.9. The van der Waals surface area contributed by atoms with E-state index in [1.54, 1.807) is 30.7 Å². The maximum atomic E-state index is 13.4. The first kappa shape index (κ1) is 24.3. The highest BCUT2D eigenvalue weighted by atomic mass is 16.5. The summed E-state index contributed by atoms with van der Waals surface area (Å²) >= 11 is 0. The van der Waals surface area contributed by atoms with Crippen LogP contribution in [0.5, 0.6) is 11.5 Å². The first-order chi connectivity index (χ1) is 18.0. The van der Waals surface area contributed by atoms with Gasteiger partial charge in [0, 0.05) is 26.5 Å². The largest absolute Gasteiger partial charge is 0.505 e. The molecule has 1 saturated heterocycles. The van der Waals surface area contributed by atoms with Crippen molar-refractivity contribution in [2.24, 2.45) is 0 Å². The number of carbonyl (C=O) groups is 2. The number of aromatic nitrogens is 2. The second kappa shape index (κ2) is 10.3. The maximum Gasteiger partial charge on any atom is 0.295 e. The van der Waals surface area contributed by atoms with Crippen LogP contribution in [-0.2, 0) is 14.3 Å². The topological polar surface area (TPSA) is 93.4 Å². The van der Waals surface area contributed by atoms with Gasteiger partial charge in [-0.1, -0.05) is 36.4 Å². The first-order valence-corrected chi connectivity index (χ1v) is 12.0. The lowest BCUT2D eigenvalue weighted by molar-refractivity contribution is -0.140. The number of fused-ring (bicyclic) bond motifs is 1. The summed E-state index contributed by atoms with van der Waals surface area (Å²) in [6.45, 7) is 2.48. The second-order valence-corrected chi connectivity index (χ2v) is 8.80. The van der Waals surface area contributed by atoms with E-state index in [1.807, 2.05) is 66.7 Å². The Morgan fingerprint density at radius 2 is 1.76 bits per heavy atom. The van der Waals surface area contributed by atoms with Gasteiger partial charge in [0.1, 0.15) is 22.8 Å². The Morgan fingerprint density at radius 3 is 2.54 bits per heavy atom. The third kappa shape index (κ3) is 4.59. The van der Waals surface area contributed by atoms with E-state index in [0.717, 1.165) is 0 Å². The van der Waals surface area contributed by atoms with E-state index < -0.39 is 17.7 Å². The third-order valence-corrected chi connectivity index (χ3v) is 6.37. The smallest absolute Gasteiger partial charge is 0.295 e. The van der Waals surface area contributed by atoms with Crippen molar-refractivity contribution in [1.29, 1.82) is 0 Å². The monoisotopic (exact) mass is 497 g/mol. The van der Waals surface area contributed by atoms with Gasteiger partial charge in [-0.3, -0.25) is 14.0 Å². The molecule has 1 unspecified atom stereocenters. The van der Waals surface area contributed by atoms with Crippen molar-refractivity contribution in [3.05, 3.63) is 102 Å². The van der Waals surface area contributed by atoms with Crippen molar-refractivity contribution in [3.63, 3.8) is 0 Å². The average Bonchev–Trinajstić information content (AvgIpc) is 3.37. The lowest BCUT2D eigenvalue weighted by atomic mass is 9.96. The Balaban J connectivity index is 1.64. The van der Waals surface area contributed by atoms with Gasteiger partial charge in [0.15, 0.2) is 5.76 Å². The molecule has 2 aromatic heterocycles. The number of Topliss-reactive ketones (excluding diaryl/α,β-unsaturated/α-hetero) is 1. The van der Waals surface area contributed by atoms with Crippen LogP contribution in [0.4, 0.5) is 0 Å². The summed E-state index contributed by atoms with van der Waals surface area (Å²) in [4.78, 5) is 32.6.